The van der Waals surface area contributed by atoms with E-state index in [2.05, 4.69) is 10.3 Å². The van der Waals surface area contributed by atoms with Crippen molar-refractivity contribution < 1.29 is 13.2 Å². The van der Waals surface area contributed by atoms with E-state index >= 15 is 0 Å². The number of thioether (sulfide) groups is 1. The maximum Gasteiger partial charge on any atom is 0.243 e. The highest BCUT2D eigenvalue weighted by Gasteiger charge is 2.28. The molecule has 9 heteroatoms. The lowest BCUT2D eigenvalue weighted by Gasteiger charge is -2.30. The van der Waals surface area contributed by atoms with Gasteiger partial charge in [0.1, 0.15) is 5.03 Å². The zero-order chi connectivity index (χ0) is 20.9. The largest absolute Gasteiger partial charge is 0.325 e. The molecule has 0 spiro atoms. The second-order valence-electron chi connectivity index (χ2n) is 6.96. The molecule has 156 valence electrons. The molecule has 0 radical (unpaired) electrons. The summed E-state index contributed by atoms with van der Waals surface area (Å²) in [7, 11) is -1.89. The summed E-state index contributed by atoms with van der Waals surface area (Å²) in [5, 5.41) is 3.86. The molecule has 0 bridgehead atoms. The first-order valence-electron chi connectivity index (χ1n) is 9.49. The number of pyridine rings is 1. The van der Waals surface area contributed by atoms with Crippen LogP contribution in [0, 0.1) is 0 Å². The number of halogens is 1. The van der Waals surface area contributed by atoms with Gasteiger partial charge in [0.2, 0.25) is 15.9 Å². The molecule has 0 unspecified atom stereocenters. The van der Waals surface area contributed by atoms with E-state index in [0.29, 0.717) is 15.7 Å². The van der Waals surface area contributed by atoms with Crippen molar-refractivity contribution in [2.45, 2.75) is 48.1 Å². The van der Waals surface area contributed by atoms with E-state index in [4.69, 9.17) is 11.6 Å². The van der Waals surface area contributed by atoms with Crippen LogP contribution in [-0.4, -0.2) is 42.5 Å². The second-order valence-corrected chi connectivity index (χ2v) is 10.3. The minimum Gasteiger partial charge on any atom is -0.325 e. The van der Waals surface area contributed by atoms with Crippen molar-refractivity contribution in [2.75, 3.05) is 18.1 Å². The molecule has 1 saturated carbocycles. The fourth-order valence-corrected chi connectivity index (χ4v) is 5.71. The van der Waals surface area contributed by atoms with E-state index in [0.717, 1.165) is 25.7 Å². The van der Waals surface area contributed by atoms with Crippen LogP contribution in [0.3, 0.4) is 0 Å². The first-order valence-corrected chi connectivity index (χ1v) is 12.3. The monoisotopic (exact) mass is 453 g/mol. The summed E-state index contributed by atoms with van der Waals surface area (Å²) >= 11 is 7.28. The molecule has 1 aromatic carbocycles. The molecule has 0 saturated heterocycles. The SMILES string of the molecule is CN(C1CCCCC1)S(=O)(=O)c1ccc(NC(=O)CSc2ncccc2Cl)cc1. The van der Waals surface area contributed by atoms with Gasteiger partial charge in [-0.3, -0.25) is 4.79 Å². The summed E-state index contributed by atoms with van der Waals surface area (Å²) in [6.45, 7) is 0. The van der Waals surface area contributed by atoms with E-state index in [-0.39, 0.29) is 22.6 Å². The van der Waals surface area contributed by atoms with E-state index in [9.17, 15) is 13.2 Å². The van der Waals surface area contributed by atoms with E-state index in [1.807, 2.05) is 0 Å². The van der Waals surface area contributed by atoms with Crippen LogP contribution < -0.4 is 5.32 Å². The zero-order valence-corrected chi connectivity index (χ0v) is 18.6. The van der Waals surface area contributed by atoms with Crippen LogP contribution in [0.4, 0.5) is 5.69 Å². The number of amides is 1. The number of hydrogen-bond donors (Lipinski definition) is 1. The number of aromatic nitrogens is 1. The van der Waals surface area contributed by atoms with Gasteiger partial charge in [0.25, 0.3) is 0 Å². The van der Waals surface area contributed by atoms with Gasteiger partial charge >= 0.3 is 0 Å². The number of sulfonamides is 1. The Morgan fingerprint density at radius 2 is 1.90 bits per heavy atom. The number of hydrogen-bond acceptors (Lipinski definition) is 5. The highest BCUT2D eigenvalue weighted by molar-refractivity contribution is 8.00. The van der Waals surface area contributed by atoms with Crippen molar-refractivity contribution in [3.63, 3.8) is 0 Å². The predicted molar refractivity (Wildman–Crippen MR) is 117 cm³/mol. The number of benzene rings is 1. The molecule has 1 heterocycles. The molecule has 3 rings (SSSR count). The van der Waals surface area contributed by atoms with Gasteiger partial charge in [0.05, 0.1) is 15.7 Å². The number of anilines is 1. The Kier molecular flexibility index (Phi) is 7.56. The first-order chi connectivity index (χ1) is 13.9. The third-order valence-electron chi connectivity index (χ3n) is 4.97. The third-order valence-corrected chi connectivity index (χ3v) is 8.32. The molecule has 0 aliphatic heterocycles. The lowest BCUT2D eigenvalue weighted by molar-refractivity contribution is -0.113. The molecular formula is C20H24ClN3O3S2. The van der Waals surface area contributed by atoms with Crippen LogP contribution in [0.1, 0.15) is 32.1 Å². The van der Waals surface area contributed by atoms with Crippen molar-refractivity contribution in [3.8, 4) is 0 Å². The van der Waals surface area contributed by atoms with Gasteiger partial charge in [-0.1, -0.05) is 42.6 Å². The predicted octanol–water partition coefficient (Wildman–Crippen LogP) is 4.42. The van der Waals surface area contributed by atoms with Gasteiger partial charge in [-0.05, 0) is 49.2 Å². The van der Waals surface area contributed by atoms with Crippen molar-refractivity contribution in [1.82, 2.24) is 9.29 Å². The van der Waals surface area contributed by atoms with E-state index in [1.54, 1.807) is 37.5 Å². The fourth-order valence-electron chi connectivity index (χ4n) is 3.33. The number of carbonyl (C=O) groups excluding carboxylic acids is 1. The van der Waals surface area contributed by atoms with Crippen LogP contribution in [-0.2, 0) is 14.8 Å². The summed E-state index contributed by atoms with van der Waals surface area (Å²) in [4.78, 5) is 16.5. The Morgan fingerprint density at radius 3 is 2.55 bits per heavy atom. The summed E-state index contributed by atoms with van der Waals surface area (Å²) < 4.78 is 27.2. The summed E-state index contributed by atoms with van der Waals surface area (Å²) in [5.74, 6) is -0.0621. The molecule has 1 aliphatic rings. The standard InChI is InChI=1S/C20H24ClN3O3S2/c1-24(16-6-3-2-4-7-16)29(26,27)17-11-9-15(10-12-17)23-19(25)14-28-20-18(21)8-5-13-22-20/h5,8-13,16H,2-4,6-7,14H2,1H3,(H,23,25). The quantitative estimate of drug-likeness (QED) is 0.628. The minimum absolute atomic E-state index is 0.0589. The number of nitrogens with one attached hydrogen (secondary N) is 1. The molecule has 29 heavy (non-hydrogen) atoms. The zero-order valence-electron chi connectivity index (χ0n) is 16.2. The average Bonchev–Trinajstić information content (AvgIpc) is 2.73. The van der Waals surface area contributed by atoms with Crippen molar-refractivity contribution in [2.24, 2.45) is 0 Å². The lowest BCUT2D eigenvalue weighted by Crippen LogP contribution is -2.38. The van der Waals surface area contributed by atoms with Gasteiger partial charge in [-0.2, -0.15) is 4.31 Å². The van der Waals surface area contributed by atoms with Gasteiger partial charge in [0, 0.05) is 25.0 Å². The second kappa shape index (κ2) is 9.93. The van der Waals surface area contributed by atoms with Crippen LogP contribution in [0.5, 0.6) is 0 Å². The van der Waals surface area contributed by atoms with Gasteiger partial charge in [-0.25, -0.2) is 13.4 Å². The molecule has 1 aromatic heterocycles. The molecule has 1 aliphatic carbocycles. The fraction of sp³-hybridized carbons (Fsp3) is 0.400. The number of nitrogens with zero attached hydrogens (tertiary/aromatic N) is 2. The summed E-state index contributed by atoms with van der Waals surface area (Å²) in [6, 6.07) is 9.80. The Morgan fingerprint density at radius 1 is 1.21 bits per heavy atom. The van der Waals surface area contributed by atoms with Crippen LogP contribution >= 0.6 is 23.4 Å². The Labute approximate surface area is 181 Å². The molecule has 1 fully saturated rings. The Hall–Kier alpha value is -1.61. The van der Waals surface area contributed by atoms with Crippen LogP contribution in [0.25, 0.3) is 0 Å². The van der Waals surface area contributed by atoms with Crippen LogP contribution in [0.2, 0.25) is 5.02 Å². The molecule has 1 amide bonds. The Bertz CT molecular complexity index is 946. The molecule has 1 N–H and O–H groups in total. The van der Waals surface area contributed by atoms with Gasteiger partial charge < -0.3 is 5.32 Å². The number of carbonyl (C=O) groups is 1. The van der Waals surface area contributed by atoms with Crippen molar-refractivity contribution in [3.05, 3.63) is 47.6 Å². The smallest absolute Gasteiger partial charge is 0.243 e. The number of rotatable bonds is 7. The molecule has 6 nitrogen and oxygen atoms in total. The maximum absolute atomic E-state index is 12.9. The van der Waals surface area contributed by atoms with E-state index in [1.165, 1.54) is 34.6 Å². The lowest BCUT2D eigenvalue weighted by atomic mass is 9.96. The third kappa shape index (κ3) is 5.72. The van der Waals surface area contributed by atoms with Gasteiger partial charge in [-0.15, -0.1) is 0 Å². The van der Waals surface area contributed by atoms with Crippen LogP contribution in [0.15, 0.2) is 52.5 Å². The van der Waals surface area contributed by atoms with Gasteiger partial charge in [0.15, 0.2) is 0 Å². The highest BCUT2D eigenvalue weighted by Crippen LogP contribution is 2.27. The van der Waals surface area contributed by atoms with E-state index < -0.39 is 10.0 Å². The summed E-state index contributed by atoms with van der Waals surface area (Å²) in [6.07, 6.45) is 6.73. The molecule has 2 aromatic rings. The molecule has 0 atom stereocenters. The first kappa shape index (κ1) is 22.1. The van der Waals surface area contributed by atoms with Crippen molar-refractivity contribution in [1.29, 1.82) is 0 Å². The Balaban J connectivity index is 1.59. The minimum atomic E-state index is -3.54. The maximum atomic E-state index is 12.9. The normalized spacial score (nSPS) is 15.4. The summed E-state index contributed by atoms with van der Waals surface area (Å²) in [5.41, 5.74) is 0.544. The average molecular weight is 454 g/mol. The highest BCUT2D eigenvalue weighted by atomic mass is 35.5. The van der Waals surface area contributed by atoms with Crippen molar-refractivity contribution >= 4 is 45.0 Å². The molecular weight excluding hydrogens is 430 g/mol. The topological polar surface area (TPSA) is 79.4 Å².